The van der Waals surface area contributed by atoms with Gasteiger partial charge in [0.15, 0.2) is 0 Å². The molecular formula is C23H26ClF4N3O4S. The van der Waals surface area contributed by atoms with Crippen molar-refractivity contribution in [1.82, 2.24) is 10.2 Å². The lowest BCUT2D eigenvalue weighted by atomic mass is 10.1. The second kappa shape index (κ2) is 11.9. The molecule has 0 bridgehead atoms. The average Bonchev–Trinajstić information content (AvgIpc) is 2.79. The lowest BCUT2D eigenvalue weighted by Crippen LogP contribution is -2.51. The Kier molecular flexibility index (Phi) is 9.72. The first-order valence-corrected chi connectivity index (χ1v) is 13.0. The van der Waals surface area contributed by atoms with Crippen molar-refractivity contribution in [1.29, 1.82) is 0 Å². The summed E-state index contributed by atoms with van der Waals surface area (Å²) in [6, 6.07) is 6.53. The zero-order valence-electron chi connectivity index (χ0n) is 19.8. The van der Waals surface area contributed by atoms with Crippen molar-refractivity contribution < 1.29 is 35.6 Å². The quantitative estimate of drug-likeness (QED) is 0.448. The highest BCUT2D eigenvalue weighted by molar-refractivity contribution is 7.92. The number of benzene rings is 2. The summed E-state index contributed by atoms with van der Waals surface area (Å²) in [4.78, 5) is 27.0. The van der Waals surface area contributed by atoms with Crippen LogP contribution >= 0.6 is 11.6 Å². The maximum atomic E-state index is 13.3. The minimum atomic E-state index is -4.86. The molecule has 0 aliphatic rings. The number of sulfonamides is 1. The summed E-state index contributed by atoms with van der Waals surface area (Å²) in [5, 5.41) is 2.01. The lowest BCUT2D eigenvalue weighted by molar-refractivity contribution is -0.139. The van der Waals surface area contributed by atoms with E-state index in [4.69, 9.17) is 11.6 Å². The molecule has 2 rings (SSSR count). The molecule has 2 aromatic rings. The molecule has 0 fully saturated rings. The number of anilines is 1. The molecule has 36 heavy (non-hydrogen) atoms. The molecule has 0 radical (unpaired) electrons. The van der Waals surface area contributed by atoms with E-state index in [0.29, 0.717) is 28.9 Å². The first-order valence-electron chi connectivity index (χ1n) is 10.8. The molecule has 13 heteroatoms. The second-order valence-electron chi connectivity index (χ2n) is 8.05. The Balaban J connectivity index is 2.45. The lowest BCUT2D eigenvalue weighted by Gasteiger charge is -2.31. The third kappa shape index (κ3) is 7.82. The van der Waals surface area contributed by atoms with Gasteiger partial charge in [-0.25, -0.2) is 12.8 Å². The van der Waals surface area contributed by atoms with E-state index < -0.39 is 62.7 Å². The van der Waals surface area contributed by atoms with Crippen LogP contribution in [-0.2, 0) is 32.3 Å². The van der Waals surface area contributed by atoms with Crippen LogP contribution in [0.25, 0.3) is 0 Å². The topological polar surface area (TPSA) is 86.8 Å². The first-order chi connectivity index (χ1) is 16.6. The largest absolute Gasteiger partial charge is 0.417 e. The summed E-state index contributed by atoms with van der Waals surface area (Å²) < 4.78 is 78.9. The molecule has 0 unspecified atom stereocenters. The van der Waals surface area contributed by atoms with Crippen LogP contribution in [0.15, 0.2) is 42.5 Å². The Morgan fingerprint density at radius 3 is 2.25 bits per heavy atom. The molecule has 0 saturated heterocycles. The van der Waals surface area contributed by atoms with Gasteiger partial charge in [-0.2, -0.15) is 13.2 Å². The maximum Gasteiger partial charge on any atom is 0.417 e. The fourth-order valence-corrected chi connectivity index (χ4v) is 4.33. The smallest absolute Gasteiger partial charge is 0.354 e. The van der Waals surface area contributed by atoms with Crippen LogP contribution in [-0.4, -0.2) is 50.5 Å². The van der Waals surface area contributed by atoms with E-state index in [2.05, 4.69) is 5.32 Å². The zero-order valence-corrected chi connectivity index (χ0v) is 21.3. The molecule has 1 N–H and O–H groups in total. The van der Waals surface area contributed by atoms with Gasteiger partial charge in [0.25, 0.3) is 0 Å². The fourth-order valence-electron chi connectivity index (χ4n) is 3.26. The van der Waals surface area contributed by atoms with E-state index in [1.54, 1.807) is 0 Å². The van der Waals surface area contributed by atoms with Crippen molar-refractivity contribution in [3.05, 3.63) is 64.4 Å². The predicted molar refractivity (Wildman–Crippen MR) is 128 cm³/mol. The molecule has 2 aromatic carbocycles. The monoisotopic (exact) mass is 551 g/mol. The van der Waals surface area contributed by atoms with Crippen LogP contribution in [0.2, 0.25) is 5.02 Å². The Morgan fingerprint density at radius 2 is 1.72 bits per heavy atom. The molecule has 0 aromatic heterocycles. The molecular weight excluding hydrogens is 526 g/mol. The minimum absolute atomic E-state index is 0.175. The number of nitrogens with zero attached hydrogens (tertiary/aromatic N) is 2. The molecule has 7 nitrogen and oxygen atoms in total. The molecule has 198 valence electrons. The summed E-state index contributed by atoms with van der Waals surface area (Å²) in [6.07, 6.45) is -3.49. The summed E-state index contributed by atoms with van der Waals surface area (Å²) in [6.45, 7) is 2.54. The predicted octanol–water partition coefficient (Wildman–Crippen LogP) is 4.21. The van der Waals surface area contributed by atoms with Gasteiger partial charge in [0, 0.05) is 13.1 Å². The van der Waals surface area contributed by atoms with Crippen LogP contribution in [0.5, 0.6) is 0 Å². The van der Waals surface area contributed by atoms with Gasteiger partial charge in [0.05, 0.1) is 22.5 Å². The normalized spacial score (nSPS) is 12.7. The number of alkyl halides is 3. The van der Waals surface area contributed by atoms with E-state index in [9.17, 15) is 35.6 Å². The van der Waals surface area contributed by atoms with E-state index in [0.717, 1.165) is 35.4 Å². The molecule has 0 spiro atoms. The van der Waals surface area contributed by atoms with Crippen molar-refractivity contribution in [2.24, 2.45) is 0 Å². The summed E-state index contributed by atoms with van der Waals surface area (Å²) in [5.74, 6) is -1.88. The SMILES string of the molecule is CCCNC(=O)[C@@H](C)N(Cc1ccc(F)cc1)C(=O)CN(c1ccc(Cl)c(C(F)(F)F)c1)S(C)(=O)=O. The number of carbonyl (C=O) groups excluding carboxylic acids is 2. The van der Waals surface area contributed by atoms with Crippen molar-refractivity contribution in [2.45, 2.75) is 39.0 Å². The van der Waals surface area contributed by atoms with E-state index in [-0.39, 0.29) is 6.54 Å². The zero-order chi connectivity index (χ0) is 27.3. The van der Waals surface area contributed by atoms with Crippen molar-refractivity contribution >= 4 is 39.1 Å². The highest BCUT2D eigenvalue weighted by Crippen LogP contribution is 2.37. The molecule has 2 amide bonds. The molecule has 1 atom stereocenters. The number of carbonyl (C=O) groups is 2. The molecule has 0 heterocycles. The highest BCUT2D eigenvalue weighted by Gasteiger charge is 2.35. The summed E-state index contributed by atoms with van der Waals surface area (Å²) in [7, 11) is -4.23. The van der Waals surface area contributed by atoms with Crippen LogP contribution in [0.3, 0.4) is 0 Å². The number of amides is 2. The number of hydrogen-bond acceptors (Lipinski definition) is 4. The molecule has 0 saturated carbocycles. The Labute approximate surface area is 212 Å². The fraction of sp³-hybridized carbons (Fsp3) is 0.391. The van der Waals surface area contributed by atoms with Gasteiger partial charge in [-0.1, -0.05) is 30.7 Å². The Hall–Kier alpha value is -2.86. The third-order valence-electron chi connectivity index (χ3n) is 5.21. The standard InChI is InChI=1S/C23H26ClF4N3O4S/c1-4-11-29-22(33)15(2)30(13-16-5-7-17(25)8-6-16)21(32)14-31(36(3,34)35)18-9-10-20(24)19(12-18)23(26,27)28/h5-10,12,15H,4,11,13-14H2,1-3H3,(H,29,33)/t15-/m1/s1. The average molecular weight is 552 g/mol. The van der Waals surface area contributed by atoms with Gasteiger partial charge < -0.3 is 10.2 Å². The van der Waals surface area contributed by atoms with Gasteiger partial charge in [-0.15, -0.1) is 0 Å². The van der Waals surface area contributed by atoms with Gasteiger partial charge in [-0.3, -0.25) is 13.9 Å². The van der Waals surface area contributed by atoms with Crippen LogP contribution in [0.1, 0.15) is 31.4 Å². The maximum absolute atomic E-state index is 13.3. The number of rotatable bonds is 10. The van der Waals surface area contributed by atoms with Gasteiger partial charge >= 0.3 is 6.18 Å². The summed E-state index contributed by atoms with van der Waals surface area (Å²) in [5.41, 5.74) is -1.23. The van der Waals surface area contributed by atoms with Crippen molar-refractivity contribution in [3.8, 4) is 0 Å². The van der Waals surface area contributed by atoms with E-state index >= 15 is 0 Å². The van der Waals surface area contributed by atoms with Crippen LogP contribution < -0.4 is 9.62 Å². The molecule has 0 aliphatic heterocycles. The second-order valence-corrected chi connectivity index (χ2v) is 10.4. The van der Waals surface area contributed by atoms with Gasteiger partial charge in [0.1, 0.15) is 18.4 Å². The summed E-state index contributed by atoms with van der Waals surface area (Å²) >= 11 is 5.64. The highest BCUT2D eigenvalue weighted by atomic mass is 35.5. The number of nitrogens with one attached hydrogen (secondary N) is 1. The van der Waals surface area contributed by atoms with E-state index in [1.807, 2.05) is 6.92 Å². The van der Waals surface area contributed by atoms with Crippen LogP contribution in [0.4, 0.5) is 23.2 Å². The van der Waals surface area contributed by atoms with Crippen LogP contribution in [0, 0.1) is 5.82 Å². The van der Waals surface area contributed by atoms with Gasteiger partial charge in [-0.05, 0) is 49.2 Å². The van der Waals surface area contributed by atoms with Crippen molar-refractivity contribution in [2.75, 3.05) is 23.7 Å². The van der Waals surface area contributed by atoms with Gasteiger partial charge in [0.2, 0.25) is 21.8 Å². The van der Waals surface area contributed by atoms with Crippen molar-refractivity contribution in [3.63, 3.8) is 0 Å². The Bertz CT molecular complexity index is 1190. The Morgan fingerprint density at radius 1 is 1.11 bits per heavy atom. The van der Waals surface area contributed by atoms with E-state index in [1.165, 1.54) is 19.1 Å². The number of hydrogen-bond donors (Lipinski definition) is 1. The third-order valence-corrected chi connectivity index (χ3v) is 6.68. The minimum Gasteiger partial charge on any atom is -0.354 e. The first kappa shape index (κ1) is 29.4. The number of halogens is 5. The molecule has 0 aliphatic carbocycles.